The minimum atomic E-state index is -5.05. The number of aryl methyl sites for hydroxylation is 1. The van der Waals surface area contributed by atoms with Crippen LogP contribution in [-0.4, -0.2) is 34.4 Å². The summed E-state index contributed by atoms with van der Waals surface area (Å²) in [5.41, 5.74) is -0.239. The minimum absolute atomic E-state index is 0.0559. The van der Waals surface area contributed by atoms with Crippen molar-refractivity contribution >= 4 is 17.7 Å². The first-order chi connectivity index (χ1) is 8.27. The maximum atomic E-state index is 12.1. The first-order valence-electron chi connectivity index (χ1n) is 4.84. The van der Waals surface area contributed by atoms with Gasteiger partial charge >= 0.3 is 18.1 Å². The van der Waals surface area contributed by atoms with E-state index in [0.717, 1.165) is 10.9 Å². The molecule has 0 atom stereocenters. The van der Waals surface area contributed by atoms with E-state index in [1.807, 2.05) is 0 Å². The van der Waals surface area contributed by atoms with Gasteiger partial charge in [0.15, 0.2) is 0 Å². The summed E-state index contributed by atoms with van der Waals surface area (Å²) in [6.45, 7) is 1.60. The summed E-state index contributed by atoms with van der Waals surface area (Å²) in [6.07, 6.45) is -4.03. The van der Waals surface area contributed by atoms with Gasteiger partial charge in [0.05, 0.1) is 12.8 Å². The molecule has 0 unspecified atom stereocenters. The number of hydrogen-bond donors (Lipinski definition) is 1. The Hall–Kier alpha value is -2.06. The van der Waals surface area contributed by atoms with E-state index in [1.165, 1.54) is 7.05 Å². The summed E-state index contributed by atoms with van der Waals surface area (Å²) < 4.78 is 41.9. The molecular formula is C9H10F3N3O3. The summed E-state index contributed by atoms with van der Waals surface area (Å²) in [7, 11) is 1.29. The molecular weight excluding hydrogens is 255 g/mol. The molecule has 0 aliphatic carbocycles. The van der Waals surface area contributed by atoms with Gasteiger partial charge in [-0.15, -0.1) is 0 Å². The minimum Gasteiger partial charge on any atom is -0.462 e. The zero-order valence-corrected chi connectivity index (χ0v) is 9.54. The van der Waals surface area contributed by atoms with Crippen LogP contribution in [0.3, 0.4) is 0 Å². The summed E-state index contributed by atoms with van der Waals surface area (Å²) in [6, 6.07) is 0. The van der Waals surface area contributed by atoms with Crippen molar-refractivity contribution in [3.05, 3.63) is 11.8 Å². The number of carbonyl (C=O) groups excluding carboxylic acids is 2. The number of nitrogens with zero attached hydrogens (tertiary/aromatic N) is 2. The van der Waals surface area contributed by atoms with Gasteiger partial charge in [-0.3, -0.25) is 9.48 Å². The molecule has 0 radical (unpaired) electrons. The van der Waals surface area contributed by atoms with Crippen molar-refractivity contribution in [2.75, 3.05) is 11.9 Å². The number of carbonyl (C=O) groups is 2. The van der Waals surface area contributed by atoms with E-state index in [-0.39, 0.29) is 18.0 Å². The van der Waals surface area contributed by atoms with E-state index < -0.39 is 18.1 Å². The number of aromatic nitrogens is 2. The molecule has 0 bridgehead atoms. The van der Waals surface area contributed by atoms with Crippen LogP contribution in [0, 0.1) is 0 Å². The molecule has 0 aliphatic heterocycles. The molecule has 0 saturated heterocycles. The Balaban J connectivity index is 2.99. The van der Waals surface area contributed by atoms with E-state index >= 15 is 0 Å². The average molecular weight is 265 g/mol. The fourth-order valence-electron chi connectivity index (χ4n) is 1.12. The molecule has 0 spiro atoms. The van der Waals surface area contributed by atoms with Crippen molar-refractivity contribution < 1.29 is 27.5 Å². The van der Waals surface area contributed by atoms with Crippen molar-refractivity contribution in [1.29, 1.82) is 0 Å². The Bertz CT molecular complexity index is 467. The second kappa shape index (κ2) is 5.07. The van der Waals surface area contributed by atoms with E-state index in [0.29, 0.717) is 0 Å². The largest absolute Gasteiger partial charge is 0.471 e. The molecule has 1 aromatic heterocycles. The molecule has 1 amide bonds. The summed E-state index contributed by atoms with van der Waals surface area (Å²) >= 11 is 0. The molecule has 9 heteroatoms. The Morgan fingerprint density at radius 1 is 1.50 bits per heavy atom. The van der Waals surface area contributed by atoms with Crippen molar-refractivity contribution in [2.24, 2.45) is 7.05 Å². The lowest BCUT2D eigenvalue weighted by Crippen LogP contribution is -2.31. The van der Waals surface area contributed by atoms with Crippen molar-refractivity contribution in [3.63, 3.8) is 0 Å². The molecule has 1 aromatic rings. The molecule has 1 rings (SSSR count). The first kappa shape index (κ1) is 14.0. The van der Waals surface area contributed by atoms with Crippen LogP contribution in [0.1, 0.15) is 17.3 Å². The van der Waals surface area contributed by atoms with Gasteiger partial charge in [0.1, 0.15) is 11.4 Å². The lowest BCUT2D eigenvalue weighted by Gasteiger charge is -2.09. The van der Waals surface area contributed by atoms with E-state index in [9.17, 15) is 22.8 Å². The van der Waals surface area contributed by atoms with Gasteiger partial charge in [-0.2, -0.15) is 18.3 Å². The number of halogens is 3. The molecule has 0 aromatic carbocycles. The third-order valence-corrected chi connectivity index (χ3v) is 1.92. The Labute approximate surface area is 99.7 Å². The van der Waals surface area contributed by atoms with Gasteiger partial charge in [-0.25, -0.2) is 4.79 Å². The van der Waals surface area contributed by atoms with Crippen LogP contribution < -0.4 is 5.32 Å². The molecule has 6 nitrogen and oxygen atoms in total. The number of nitrogens with one attached hydrogen (secondary N) is 1. The fourth-order valence-corrected chi connectivity index (χ4v) is 1.12. The zero-order valence-electron chi connectivity index (χ0n) is 9.54. The highest BCUT2D eigenvalue weighted by atomic mass is 19.4. The highest BCUT2D eigenvalue weighted by molar-refractivity contribution is 6.01. The molecule has 0 fully saturated rings. The van der Waals surface area contributed by atoms with Gasteiger partial charge in [0.2, 0.25) is 0 Å². The highest BCUT2D eigenvalue weighted by Crippen LogP contribution is 2.21. The Kier molecular flexibility index (Phi) is 3.94. The number of anilines is 1. The van der Waals surface area contributed by atoms with Crippen LogP contribution in [-0.2, 0) is 16.6 Å². The van der Waals surface area contributed by atoms with Crippen LogP contribution in [0.15, 0.2) is 6.20 Å². The summed E-state index contributed by atoms with van der Waals surface area (Å²) in [5.74, 6) is -3.41. The van der Waals surface area contributed by atoms with Crippen LogP contribution in [0.4, 0.5) is 19.0 Å². The number of ether oxygens (including phenoxy) is 1. The maximum Gasteiger partial charge on any atom is 0.471 e. The van der Waals surface area contributed by atoms with Gasteiger partial charge in [0, 0.05) is 7.05 Å². The molecule has 1 heterocycles. The number of amides is 1. The lowest BCUT2D eigenvalue weighted by atomic mass is 10.3. The number of hydrogen-bond acceptors (Lipinski definition) is 4. The Morgan fingerprint density at radius 3 is 2.61 bits per heavy atom. The van der Waals surface area contributed by atoms with Crippen molar-refractivity contribution in [1.82, 2.24) is 9.78 Å². The van der Waals surface area contributed by atoms with Gasteiger partial charge < -0.3 is 10.1 Å². The molecule has 0 saturated carbocycles. The maximum absolute atomic E-state index is 12.1. The number of esters is 1. The quantitative estimate of drug-likeness (QED) is 0.830. The SMILES string of the molecule is CCOC(=O)c1cnn(C)c1NC(=O)C(F)(F)F. The number of alkyl halides is 3. The first-order valence-corrected chi connectivity index (χ1v) is 4.84. The van der Waals surface area contributed by atoms with Crippen LogP contribution in [0.2, 0.25) is 0 Å². The third kappa shape index (κ3) is 2.99. The smallest absolute Gasteiger partial charge is 0.462 e. The Morgan fingerprint density at radius 2 is 2.11 bits per heavy atom. The fraction of sp³-hybridized carbons (Fsp3) is 0.444. The number of rotatable bonds is 3. The van der Waals surface area contributed by atoms with E-state index in [2.05, 4.69) is 9.84 Å². The predicted molar refractivity (Wildman–Crippen MR) is 53.8 cm³/mol. The molecule has 18 heavy (non-hydrogen) atoms. The third-order valence-electron chi connectivity index (χ3n) is 1.92. The van der Waals surface area contributed by atoms with Crippen molar-refractivity contribution in [2.45, 2.75) is 13.1 Å². The van der Waals surface area contributed by atoms with E-state index in [4.69, 9.17) is 0 Å². The van der Waals surface area contributed by atoms with Crippen LogP contribution in [0.5, 0.6) is 0 Å². The second-order valence-corrected chi connectivity index (χ2v) is 3.20. The molecule has 1 N–H and O–H groups in total. The van der Waals surface area contributed by atoms with Crippen LogP contribution in [0.25, 0.3) is 0 Å². The van der Waals surface area contributed by atoms with Gasteiger partial charge in [-0.05, 0) is 6.92 Å². The zero-order chi connectivity index (χ0) is 13.9. The topological polar surface area (TPSA) is 73.2 Å². The molecule has 0 aliphatic rings. The van der Waals surface area contributed by atoms with Crippen LogP contribution >= 0.6 is 0 Å². The molecule has 100 valence electrons. The second-order valence-electron chi connectivity index (χ2n) is 3.20. The standard InChI is InChI=1S/C9H10F3N3O3/c1-3-18-7(16)5-4-13-15(2)6(5)14-8(17)9(10,11)12/h4H,3H2,1-2H3,(H,14,17). The summed E-state index contributed by atoms with van der Waals surface area (Å²) in [5, 5.41) is 5.16. The lowest BCUT2D eigenvalue weighted by molar-refractivity contribution is -0.167. The monoisotopic (exact) mass is 265 g/mol. The average Bonchev–Trinajstić information content (AvgIpc) is 2.59. The summed E-state index contributed by atoms with van der Waals surface area (Å²) in [4.78, 5) is 22.2. The highest BCUT2D eigenvalue weighted by Gasteiger charge is 2.39. The van der Waals surface area contributed by atoms with Gasteiger partial charge in [-0.1, -0.05) is 0 Å². The van der Waals surface area contributed by atoms with E-state index in [1.54, 1.807) is 12.2 Å². The normalized spacial score (nSPS) is 11.2. The van der Waals surface area contributed by atoms with Gasteiger partial charge in [0.25, 0.3) is 0 Å². The van der Waals surface area contributed by atoms with Crippen molar-refractivity contribution in [3.8, 4) is 0 Å². The predicted octanol–water partition coefficient (Wildman–Crippen LogP) is 1.10.